The van der Waals surface area contributed by atoms with Crippen molar-refractivity contribution in [1.29, 1.82) is 0 Å². The van der Waals surface area contributed by atoms with Gasteiger partial charge in [0.25, 0.3) is 0 Å². The van der Waals surface area contributed by atoms with Gasteiger partial charge in [-0.25, -0.2) is 0 Å². The number of nitrogens with zero attached hydrogens (tertiary/aromatic N) is 1. The number of carboxylic acid groups (broad SMARTS) is 1. The molecule has 5 heteroatoms. The number of aliphatic carboxylic acids is 1. The van der Waals surface area contributed by atoms with Gasteiger partial charge in [0.15, 0.2) is 5.79 Å². The van der Waals surface area contributed by atoms with E-state index in [1.54, 1.807) is 0 Å². The third-order valence-electron chi connectivity index (χ3n) is 10.7. The normalized spacial score (nSPS) is 16.2. The fourth-order valence-corrected chi connectivity index (χ4v) is 7.22. The highest BCUT2D eigenvalue weighted by molar-refractivity contribution is 5.66. The number of carbonyl (C=O) groups is 1. The lowest BCUT2D eigenvalue weighted by molar-refractivity contribution is -0.180. The van der Waals surface area contributed by atoms with Crippen LogP contribution in [0, 0.1) is 0 Å². The summed E-state index contributed by atoms with van der Waals surface area (Å²) in [4.78, 5) is 13.1. The van der Waals surface area contributed by atoms with E-state index in [9.17, 15) is 4.79 Å². The molecule has 0 amide bonds. The van der Waals surface area contributed by atoms with Crippen LogP contribution in [0.1, 0.15) is 213 Å². The first-order chi connectivity index (χ1) is 26.0. The molecule has 0 aliphatic carbocycles. The van der Waals surface area contributed by atoms with Gasteiger partial charge in [0.05, 0.1) is 12.7 Å². The molecule has 0 radical (unpaired) electrons. The predicted octanol–water partition coefficient (Wildman–Crippen LogP) is 14.5. The van der Waals surface area contributed by atoms with E-state index < -0.39 is 5.97 Å². The van der Waals surface area contributed by atoms with Crippen LogP contribution in [0.2, 0.25) is 0 Å². The molecule has 1 heterocycles. The number of ether oxygens (including phenoxy) is 2. The fraction of sp³-hybridized carbons (Fsp3) is 0.812. The quantitative estimate of drug-likeness (QED) is 0.0502. The van der Waals surface area contributed by atoms with E-state index in [-0.39, 0.29) is 18.3 Å². The standard InChI is InChI=1S/C48H87NO4/c1-4-6-8-10-12-14-16-18-20-22-24-26-28-30-32-36-41-48(52-45-46(53-48)40-44-49(3)43-38-34-35-39-47(50)51)42-37-33-31-29-27-25-23-21-19-17-15-13-11-9-7-5-2/h12-15,18-21,46H,4-11,16-17,22-45H2,1-3H3,(H,50,51)/b14-12-,15-13-,20-18-,21-19-. The molecule has 0 aromatic rings. The molecular formula is C48H87NO4. The summed E-state index contributed by atoms with van der Waals surface area (Å²) < 4.78 is 13.3. The summed E-state index contributed by atoms with van der Waals surface area (Å²) in [5.74, 6) is -1.07. The Bertz CT molecular complexity index is 877. The molecule has 1 aliphatic rings. The maximum Gasteiger partial charge on any atom is 0.303 e. The van der Waals surface area contributed by atoms with Crippen LogP contribution in [-0.4, -0.2) is 54.6 Å². The van der Waals surface area contributed by atoms with Gasteiger partial charge < -0.3 is 19.5 Å². The van der Waals surface area contributed by atoms with E-state index in [1.807, 2.05) is 0 Å². The largest absolute Gasteiger partial charge is 0.481 e. The molecule has 308 valence electrons. The lowest BCUT2D eigenvalue weighted by Gasteiger charge is -2.29. The van der Waals surface area contributed by atoms with Gasteiger partial charge in [-0.3, -0.25) is 4.79 Å². The summed E-state index contributed by atoms with van der Waals surface area (Å²) in [6.45, 7) is 7.26. The second kappa shape index (κ2) is 37.2. The number of hydrogen-bond acceptors (Lipinski definition) is 4. The third kappa shape index (κ3) is 32.3. The molecule has 1 aliphatic heterocycles. The summed E-state index contributed by atoms with van der Waals surface area (Å²) in [7, 11) is 2.18. The van der Waals surface area contributed by atoms with Crippen molar-refractivity contribution in [3.63, 3.8) is 0 Å². The van der Waals surface area contributed by atoms with Crippen LogP contribution >= 0.6 is 0 Å². The Hall–Kier alpha value is -1.69. The number of hydrogen-bond donors (Lipinski definition) is 1. The van der Waals surface area contributed by atoms with Crippen LogP contribution in [-0.2, 0) is 14.3 Å². The molecule has 53 heavy (non-hydrogen) atoms. The predicted molar refractivity (Wildman–Crippen MR) is 230 cm³/mol. The number of allylic oxidation sites excluding steroid dienone is 8. The van der Waals surface area contributed by atoms with Crippen molar-refractivity contribution in [3.05, 3.63) is 48.6 Å². The SMILES string of the molecule is CCCCC/C=C\C/C=C\CCCCCCCCC1(CCCCCCCC/C=C\C/C=C\CCCCC)OCC(CCN(C)CCCCCC(=O)O)O1. The van der Waals surface area contributed by atoms with Crippen molar-refractivity contribution in [2.24, 2.45) is 0 Å². The highest BCUT2D eigenvalue weighted by Gasteiger charge is 2.40. The zero-order chi connectivity index (χ0) is 38.3. The third-order valence-corrected chi connectivity index (χ3v) is 10.7. The lowest BCUT2D eigenvalue weighted by Crippen LogP contribution is -2.32. The van der Waals surface area contributed by atoms with Gasteiger partial charge in [0.2, 0.25) is 0 Å². The maximum atomic E-state index is 10.8. The molecule has 1 fully saturated rings. The van der Waals surface area contributed by atoms with Crippen molar-refractivity contribution in [2.45, 2.75) is 225 Å². The van der Waals surface area contributed by atoms with Gasteiger partial charge in [0.1, 0.15) is 0 Å². The molecule has 1 N–H and O–H groups in total. The second-order valence-electron chi connectivity index (χ2n) is 15.9. The van der Waals surface area contributed by atoms with Crippen LogP contribution in [0.3, 0.4) is 0 Å². The van der Waals surface area contributed by atoms with E-state index in [2.05, 4.69) is 74.4 Å². The summed E-state index contributed by atoms with van der Waals surface area (Å²) in [6, 6.07) is 0. The van der Waals surface area contributed by atoms with Gasteiger partial charge in [-0.15, -0.1) is 0 Å². The molecule has 0 spiro atoms. The molecule has 1 rings (SSSR count). The van der Waals surface area contributed by atoms with E-state index in [0.29, 0.717) is 0 Å². The Morgan fingerprint density at radius 3 is 1.49 bits per heavy atom. The molecule has 1 saturated heterocycles. The Morgan fingerprint density at radius 2 is 1.02 bits per heavy atom. The summed E-state index contributed by atoms with van der Waals surface area (Å²) in [5.41, 5.74) is 0. The first-order valence-electron chi connectivity index (χ1n) is 22.8. The van der Waals surface area contributed by atoms with E-state index in [4.69, 9.17) is 14.6 Å². The molecule has 0 bridgehead atoms. The van der Waals surface area contributed by atoms with Gasteiger partial charge in [-0.2, -0.15) is 0 Å². The molecule has 0 aromatic heterocycles. The number of carboxylic acids is 1. The van der Waals surface area contributed by atoms with Crippen molar-refractivity contribution in [3.8, 4) is 0 Å². The van der Waals surface area contributed by atoms with Crippen molar-refractivity contribution >= 4 is 5.97 Å². The van der Waals surface area contributed by atoms with Gasteiger partial charge in [-0.1, -0.05) is 146 Å². The van der Waals surface area contributed by atoms with Gasteiger partial charge >= 0.3 is 5.97 Å². The maximum absolute atomic E-state index is 10.8. The van der Waals surface area contributed by atoms with E-state index >= 15 is 0 Å². The first-order valence-corrected chi connectivity index (χ1v) is 22.8. The lowest BCUT2D eigenvalue weighted by atomic mass is 9.98. The van der Waals surface area contributed by atoms with Crippen LogP contribution in [0.4, 0.5) is 0 Å². The minimum absolute atomic E-state index is 0.179. The molecule has 0 saturated carbocycles. The number of rotatable bonds is 39. The highest BCUT2D eigenvalue weighted by atomic mass is 16.7. The molecule has 5 nitrogen and oxygen atoms in total. The highest BCUT2D eigenvalue weighted by Crippen LogP contribution is 2.35. The van der Waals surface area contributed by atoms with Crippen LogP contribution in [0.15, 0.2) is 48.6 Å². The zero-order valence-electron chi connectivity index (χ0n) is 35.4. The van der Waals surface area contributed by atoms with Crippen LogP contribution < -0.4 is 0 Å². The Kier molecular flexibility index (Phi) is 34.7. The van der Waals surface area contributed by atoms with Crippen molar-refractivity contribution in [1.82, 2.24) is 4.90 Å². The average molecular weight is 742 g/mol. The van der Waals surface area contributed by atoms with Crippen LogP contribution in [0.25, 0.3) is 0 Å². The Balaban J connectivity index is 2.31. The first kappa shape index (κ1) is 49.3. The molecular weight excluding hydrogens is 655 g/mol. The Morgan fingerprint density at radius 1 is 0.585 bits per heavy atom. The summed E-state index contributed by atoms with van der Waals surface area (Å²) >= 11 is 0. The van der Waals surface area contributed by atoms with Gasteiger partial charge in [0, 0.05) is 25.8 Å². The molecule has 1 atom stereocenters. The van der Waals surface area contributed by atoms with Gasteiger partial charge in [-0.05, 0) is 110 Å². The summed E-state index contributed by atoms with van der Waals surface area (Å²) in [5, 5.41) is 8.87. The zero-order valence-corrected chi connectivity index (χ0v) is 35.4. The minimum atomic E-state index is -0.689. The second-order valence-corrected chi connectivity index (χ2v) is 15.9. The summed E-state index contributed by atoms with van der Waals surface area (Å²) in [6.07, 6.45) is 55.6. The topological polar surface area (TPSA) is 59.0 Å². The number of unbranched alkanes of at least 4 members (excludes halogenated alkanes) is 20. The van der Waals surface area contributed by atoms with Crippen LogP contribution in [0.5, 0.6) is 0 Å². The smallest absolute Gasteiger partial charge is 0.303 e. The van der Waals surface area contributed by atoms with Crippen molar-refractivity contribution < 1.29 is 19.4 Å². The van der Waals surface area contributed by atoms with E-state index in [1.165, 1.54) is 141 Å². The van der Waals surface area contributed by atoms with E-state index in [0.717, 1.165) is 71.1 Å². The average Bonchev–Trinajstić information content (AvgIpc) is 3.56. The monoisotopic (exact) mass is 742 g/mol. The molecule has 1 unspecified atom stereocenters. The molecule has 0 aromatic carbocycles. The fourth-order valence-electron chi connectivity index (χ4n) is 7.22. The Labute approximate surface area is 329 Å². The van der Waals surface area contributed by atoms with Crippen molar-refractivity contribution in [2.75, 3.05) is 26.7 Å². The minimum Gasteiger partial charge on any atom is -0.481 e.